The number of hydrogen-bond donors (Lipinski definition) is 3. The van der Waals surface area contributed by atoms with Crippen LogP contribution in [0.3, 0.4) is 0 Å². The van der Waals surface area contributed by atoms with E-state index in [1.54, 1.807) is 0 Å². The highest BCUT2D eigenvalue weighted by molar-refractivity contribution is 5.36. The van der Waals surface area contributed by atoms with Crippen molar-refractivity contribution in [1.29, 1.82) is 0 Å². The second kappa shape index (κ2) is 4.45. The summed E-state index contributed by atoms with van der Waals surface area (Å²) in [4.78, 5) is 6.07. The van der Waals surface area contributed by atoms with Gasteiger partial charge in [0.1, 0.15) is 5.82 Å². The molecule has 0 radical (unpaired) electrons. The maximum absolute atomic E-state index is 12.7. The number of rotatable bonds is 4. The van der Waals surface area contributed by atoms with Crippen LogP contribution in [-0.4, -0.2) is 38.9 Å². The standard InChI is InChI=1S/C8H11F2N3O2/c1-8(3-14,4-15)13-6-2-5(9)11-7(10)12-6/h2,14-15H,3-4H2,1H3,(H,11,12,13). The Morgan fingerprint density at radius 1 is 1.33 bits per heavy atom. The van der Waals surface area contributed by atoms with Crippen LogP contribution in [0.1, 0.15) is 6.92 Å². The molecule has 1 aromatic heterocycles. The van der Waals surface area contributed by atoms with Crippen molar-refractivity contribution in [2.24, 2.45) is 0 Å². The van der Waals surface area contributed by atoms with Crippen LogP contribution in [0, 0.1) is 12.0 Å². The van der Waals surface area contributed by atoms with E-state index in [0.717, 1.165) is 6.07 Å². The van der Waals surface area contributed by atoms with Crippen molar-refractivity contribution in [3.05, 3.63) is 18.1 Å². The van der Waals surface area contributed by atoms with Crippen LogP contribution in [-0.2, 0) is 0 Å². The van der Waals surface area contributed by atoms with Crippen LogP contribution < -0.4 is 5.32 Å². The molecule has 0 spiro atoms. The van der Waals surface area contributed by atoms with E-state index in [9.17, 15) is 8.78 Å². The second-order valence-electron chi connectivity index (χ2n) is 3.35. The van der Waals surface area contributed by atoms with E-state index in [-0.39, 0.29) is 5.82 Å². The average molecular weight is 219 g/mol. The third kappa shape index (κ3) is 3.07. The molecule has 0 aliphatic heterocycles. The van der Waals surface area contributed by atoms with E-state index in [1.807, 2.05) is 0 Å². The molecular weight excluding hydrogens is 208 g/mol. The normalized spacial score (nSPS) is 11.5. The fraction of sp³-hybridized carbons (Fsp3) is 0.500. The Balaban J connectivity index is 2.88. The van der Waals surface area contributed by atoms with Crippen LogP contribution >= 0.6 is 0 Å². The quantitative estimate of drug-likeness (QED) is 0.487. The summed E-state index contributed by atoms with van der Waals surface area (Å²) in [5.41, 5.74) is -1.09. The van der Waals surface area contributed by atoms with E-state index in [1.165, 1.54) is 6.92 Å². The lowest BCUT2D eigenvalue weighted by Gasteiger charge is -2.26. The third-order valence-corrected chi connectivity index (χ3v) is 1.80. The zero-order valence-corrected chi connectivity index (χ0v) is 8.04. The lowest BCUT2D eigenvalue weighted by molar-refractivity contribution is 0.147. The molecule has 3 N–H and O–H groups in total. The summed E-state index contributed by atoms with van der Waals surface area (Å²) in [6.07, 6.45) is -1.21. The summed E-state index contributed by atoms with van der Waals surface area (Å²) in [5, 5.41) is 20.4. The van der Waals surface area contributed by atoms with Gasteiger partial charge in [-0.25, -0.2) is 0 Å². The fourth-order valence-corrected chi connectivity index (χ4v) is 0.892. The Labute approximate surface area is 84.8 Å². The highest BCUT2D eigenvalue weighted by Gasteiger charge is 2.23. The minimum Gasteiger partial charge on any atom is -0.394 e. The second-order valence-corrected chi connectivity index (χ2v) is 3.35. The Kier molecular flexibility index (Phi) is 3.48. The Morgan fingerprint density at radius 2 is 1.93 bits per heavy atom. The first-order valence-electron chi connectivity index (χ1n) is 4.19. The Bertz CT molecular complexity index is 324. The maximum atomic E-state index is 12.7. The van der Waals surface area contributed by atoms with Gasteiger partial charge < -0.3 is 15.5 Å². The number of nitrogens with one attached hydrogen (secondary N) is 1. The molecule has 1 aromatic rings. The van der Waals surface area contributed by atoms with Gasteiger partial charge in [-0.15, -0.1) is 0 Å². The molecule has 0 aromatic carbocycles. The summed E-state index contributed by atoms with van der Waals surface area (Å²) < 4.78 is 25.2. The maximum Gasteiger partial charge on any atom is 0.313 e. The van der Waals surface area contributed by atoms with E-state index in [2.05, 4.69) is 15.3 Å². The average Bonchev–Trinajstić information content (AvgIpc) is 2.16. The molecule has 84 valence electrons. The van der Waals surface area contributed by atoms with Crippen molar-refractivity contribution in [3.63, 3.8) is 0 Å². The van der Waals surface area contributed by atoms with Crippen molar-refractivity contribution in [2.75, 3.05) is 18.5 Å². The molecule has 0 aliphatic rings. The summed E-state index contributed by atoms with van der Waals surface area (Å²) in [5.74, 6) is -1.16. The van der Waals surface area contributed by atoms with Gasteiger partial charge in [0.2, 0.25) is 5.95 Å². The van der Waals surface area contributed by atoms with Crippen LogP contribution in [0.4, 0.5) is 14.6 Å². The topological polar surface area (TPSA) is 78.3 Å². The lowest BCUT2D eigenvalue weighted by Crippen LogP contribution is -2.42. The number of halogens is 2. The summed E-state index contributed by atoms with van der Waals surface area (Å²) in [6, 6.07) is 0.868. The molecule has 0 amide bonds. The molecule has 0 aliphatic carbocycles. The third-order valence-electron chi connectivity index (χ3n) is 1.80. The molecule has 0 saturated heterocycles. The molecule has 5 nitrogen and oxygen atoms in total. The van der Waals surface area contributed by atoms with Gasteiger partial charge in [0, 0.05) is 6.07 Å². The van der Waals surface area contributed by atoms with Crippen LogP contribution in [0.2, 0.25) is 0 Å². The smallest absolute Gasteiger partial charge is 0.313 e. The molecule has 0 fully saturated rings. The van der Waals surface area contributed by atoms with Crippen LogP contribution in [0.25, 0.3) is 0 Å². The van der Waals surface area contributed by atoms with Gasteiger partial charge in [-0.3, -0.25) is 0 Å². The number of anilines is 1. The van der Waals surface area contributed by atoms with Gasteiger partial charge in [0.15, 0.2) is 0 Å². The van der Waals surface area contributed by atoms with Crippen molar-refractivity contribution >= 4 is 5.82 Å². The SMILES string of the molecule is CC(CO)(CO)Nc1cc(F)nc(F)n1. The lowest BCUT2D eigenvalue weighted by atomic mass is 10.1. The summed E-state index contributed by atoms with van der Waals surface area (Å²) in [7, 11) is 0. The molecule has 1 rings (SSSR count). The Morgan fingerprint density at radius 3 is 2.40 bits per heavy atom. The minimum absolute atomic E-state index is 0.134. The zero-order valence-electron chi connectivity index (χ0n) is 8.04. The van der Waals surface area contributed by atoms with E-state index >= 15 is 0 Å². The fourth-order valence-electron chi connectivity index (χ4n) is 0.892. The van der Waals surface area contributed by atoms with E-state index in [4.69, 9.17) is 10.2 Å². The van der Waals surface area contributed by atoms with Crippen molar-refractivity contribution in [3.8, 4) is 0 Å². The molecule has 1 heterocycles. The largest absolute Gasteiger partial charge is 0.394 e. The molecule has 15 heavy (non-hydrogen) atoms. The monoisotopic (exact) mass is 219 g/mol. The first-order valence-corrected chi connectivity index (χ1v) is 4.19. The van der Waals surface area contributed by atoms with Crippen LogP contribution in [0.5, 0.6) is 0 Å². The first-order chi connectivity index (χ1) is 6.99. The van der Waals surface area contributed by atoms with Crippen LogP contribution in [0.15, 0.2) is 6.07 Å². The predicted molar refractivity (Wildman–Crippen MR) is 48.1 cm³/mol. The van der Waals surface area contributed by atoms with Gasteiger partial charge in [0.05, 0.1) is 18.8 Å². The molecule has 0 saturated carbocycles. The molecular formula is C8H11F2N3O2. The van der Waals surface area contributed by atoms with Gasteiger partial charge in [-0.2, -0.15) is 18.7 Å². The van der Waals surface area contributed by atoms with Crippen molar-refractivity contribution < 1.29 is 19.0 Å². The minimum atomic E-state index is -1.21. The number of aliphatic hydroxyl groups excluding tert-OH is 2. The van der Waals surface area contributed by atoms with Gasteiger partial charge in [0.25, 0.3) is 0 Å². The summed E-state index contributed by atoms with van der Waals surface area (Å²) >= 11 is 0. The molecule has 0 atom stereocenters. The highest BCUT2D eigenvalue weighted by atomic mass is 19.1. The van der Waals surface area contributed by atoms with Crippen molar-refractivity contribution in [2.45, 2.75) is 12.5 Å². The molecule has 7 heteroatoms. The molecule has 0 bridgehead atoms. The van der Waals surface area contributed by atoms with Gasteiger partial charge in [-0.05, 0) is 6.92 Å². The van der Waals surface area contributed by atoms with Gasteiger partial charge in [-0.1, -0.05) is 0 Å². The number of aromatic nitrogens is 2. The molecule has 0 unspecified atom stereocenters. The number of aliphatic hydroxyl groups is 2. The zero-order chi connectivity index (χ0) is 11.5. The number of hydrogen-bond acceptors (Lipinski definition) is 5. The van der Waals surface area contributed by atoms with Gasteiger partial charge >= 0.3 is 6.08 Å². The predicted octanol–water partition coefficient (Wildman–Crippen LogP) is -0.0900. The Hall–Kier alpha value is -1.34. The number of nitrogens with zero attached hydrogens (tertiary/aromatic N) is 2. The van der Waals surface area contributed by atoms with Crippen molar-refractivity contribution in [1.82, 2.24) is 9.97 Å². The van der Waals surface area contributed by atoms with E-state index in [0.29, 0.717) is 0 Å². The van der Waals surface area contributed by atoms with E-state index < -0.39 is 30.8 Å². The first kappa shape index (κ1) is 11.7. The summed E-state index contributed by atoms with van der Waals surface area (Å²) in [6.45, 7) is 0.665. The highest BCUT2D eigenvalue weighted by Crippen LogP contribution is 2.12.